The van der Waals surface area contributed by atoms with Crippen molar-refractivity contribution in [2.24, 2.45) is 11.8 Å². The van der Waals surface area contributed by atoms with Gasteiger partial charge in [0.2, 0.25) is 17.7 Å². The fraction of sp³-hybridized carbons (Fsp3) is 0.500. The fourth-order valence-electron chi connectivity index (χ4n) is 5.22. The Morgan fingerprint density at radius 1 is 1.14 bits per heavy atom. The molecule has 3 heterocycles. The molecular formula is C20H22ClN3O4. The van der Waals surface area contributed by atoms with Gasteiger partial charge in [0.15, 0.2) is 0 Å². The maximum atomic E-state index is 13.5. The van der Waals surface area contributed by atoms with Crippen LogP contribution in [0.1, 0.15) is 30.6 Å². The summed E-state index contributed by atoms with van der Waals surface area (Å²) in [6.07, 6.45) is 0.270. The number of carbonyl (C=O) groups excluding carboxylic acids is 4. The summed E-state index contributed by atoms with van der Waals surface area (Å²) in [4.78, 5) is 57.1. The first-order chi connectivity index (χ1) is 13.3. The topological polar surface area (TPSA) is 78.0 Å². The highest BCUT2D eigenvalue weighted by molar-refractivity contribution is 6.30. The van der Waals surface area contributed by atoms with Crippen LogP contribution in [0.4, 0.5) is 0 Å². The highest BCUT2D eigenvalue weighted by Crippen LogP contribution is 2.53. The van der Waals surface area contributed by atoms with Gasteiger partial charge in [-0.05, 0) is 37.6 Å². The number of fused-ring (bicyclic) bond motifs is 5. The molecule has 3 aliphatic rings. The third kappa shape index (κ3) is 2.16. The summed E-state index contributed by atoms with van der Waals surface area (Å²) in [5.74, 6) is -2.80. The largest absolute Gasteiger partial charge is 0.339 e. The summed E-state index contributed by atoms with van der Waals surface area (Å²) < 4.78 is 0. The Kier molecular flexibility index (Phi) is 4.26. The quantitative estimate of drug-likeness (QED) is 0.715. The Morgan fingerprint density at radius 2 is 1.79 bits per heavy atom. The molecule has 28 heavy (non-hydrogen) atoms. The SMILES string of the molecule is CCN1C[C@@H]2[C@@H]3C(=O)N(C)C(=O)[C@@H]3[C@](CC)(C1=O)N2C(=O)c1ccc(Cl)cc1. The Labute approximate surface area is 168 Å². The molecule has 0 radical (unpaired) electrons. The number of rotatable bonds is 3. The molecule has 1 aromatic rings. The lowest BCUT2D eigenvalue weighted by molar-refractivity contribution is -0.156. The minimum Gasteiger partial charge on any atom is -0.339 e. The van der Waals surface area contributed by atoms with E-state index in [1.165, 1.54) is 11.9 Å². The number of imide groups is 1. The number of piperazine rings is 1. The van der Waals surface area contributed by atoms with E-state index in [2.05, 4.69) is 0 Å². The second kappa shape index (κ2) is 6.30. The molecule has 3 fully saturated rings. The molecule has 0 spiro atoms. The molecule has 0 aliphatic carbocycles. The number of carbonyl (C=O) groups is 4. The molecule has 0 aromatic heterocycles. The molecule has 1 aromatic carbocycles. The molecule has 0 N–H and O–H groups in total. The van der Waals surface area contributed by atoms with Gasteiger partial charge >= 0.3 is 0 Å². The minimum atomic E-state index is -1.34. The maximum Gasteiger partial charge on any atom is 0.255 e. The Hall–Kier alpha value is -2.41. The summed E-state index contributed by atoms with van der Waals surface area (Å²) in [5.41, 5.74) is -0.948. The third-order valence-electron chi connectivity index (χ3n) is 6.56. The van der Waals surface area contributed by atoms with Crippen LogP contribution in [0.15, 0.2) is 24.3 Å². The molecule has 0 unspecified atom stereocenters. The minimum absolute atomic E-state index is 0.250. The van der Waals surface area contributed by atoms with Crippen molar-refractivity contribution in [3.05, 3.63) is 34.9 Å². The first-order valence-electron chi connectivity index (χ1n) is 9.49. The zero-order chi connectivity index (χ0) is 20.4. The van der Waals surface area contributed by atoms with Crippen LogP contribution >= 0.6 is 11.6 Å². The smallest absolute Gasteiger partial charge is 0.255 e. The van der Waals surface area contributed by atoms with Gasteiger partial charge in [-0.2, -0.15) is 0 Å². The van der Waals surface area contributed by atoms with Crippen LogP contribution in [0.25, 0.3) is 0 Å². The van der Waals surface area contributed by atoms with Crippen LogP contribution in [0.5, 0.6) is 0 Å². The second-order valence-corrected chi connectivity index (χ2v) is 8.05. The molecule has 3 saturated heterocycles. The molecule has 2 bridgehead atoms. The van der Waals surface area contributed by atoms with Gasteiger partial charge in [0.25, 0.3) is 5.91 Å². The summed E-state index contributed by atoms with van der Waals surface area (Å²) in [7, 11) is 1.45. The van der Waals surface area contributed by atoms with E-state index >= 15 is 0 Å². The first kappa shape index (κ1) is 18.9. The van der Waals surface area contributed by atoms with Gasteiger partial charge in [0.05, 0.1) is 17.9 Å². The van der Waals surface area contributed by atoms with Gasteiger partial charge < -0.3 is 9.80 Å². The number of likely N-dealkylation sites (tertiary alicyclic amines) is 2. The monoisotopic (exact) mass is 403 g/mol. The molecule has 8 heteroatoms. The molecule has 148 valence electrons. The fourth-order valence-corrected chi connectivity index (χ4v) is 5.35. The van der Waals surface area contributed by atoms with Crippen molar-refractivity contribution >= 4 is 35.2 Å². The molecule has 0 saturated carbocycles. The number of hydrogen-bond acceptors (Lipinski definition) is 4. The lowest BCUT2D eigenvalue weighted by Crippen LogP contribution is -2.69. The zero-order valence-electron chi connectivity index (χ0n) is 16.0. The lowest BCUT2D eigenvalue weighted by Gasteiger charge is -2.49. The normalized spacial score (nSPS) is 31.6. The van der Waals surface area contributed by atoms with E-state index in [1.54, 1.807) is 36.1 Å². The Balaban J connectivity index is 1.89. The number of nitrogens with zero attached hydrogens (tertiary/aromatic N) is 3. The maximum absolute atomic E-state index is 13.5. The van der Waals surface area contributed by atoms with Gasteiger partial charge in [0.1, 0.15) is 5.54 Å². The van der Waals surface area contributed by atoms with E-state index in [9.17, 15) is 19.2 Å². The van der Waals surface area contributed by atoms with Crippen LogP contribution < -0.4 is 0 Å². The van der Waals surface area contributed by atoms with E-state index in [4.69, 9.17) is 11.6 Å². The summed E-state index contributed by atoms with van der Waals surface area (Å²) >= 11 is 5.94. The van der Waals surface area contributed by atoms with Crippen LogP contribution in [0, 0.1) is 11.8 Å². The van der Waals surface area contributed by atoms with Crippen molar-refractivity contribution in [3.63, 3.8) is 0 Å². The number of hydrogen-bond donors (Lipinski definition) is 0. The van der Waals surface area contributed by atoms with Crippen LogP contribution in [-0.2, 0) is 14.4 Å². The Morgan fingerprint density at radius 3 is 2.36 bits per heavy atom. The first-order valence-corrected chi connectivity index (χ1v) is 9.87. The van der Waals surface area contributed by atoms with Crippen molar-refractivity contribution in [2.75, 3.05) is 20.1 Å². The summed E-state index contributed by atoms with van der Waals surface area (Å²) in [6, 6.07) is 5.92. The van der Waals surface area contributed by atoms with Crippen molar-refractivity contribution in [2.45, 2.75) is 31.8 Å². The second-order valence-electron chi connectivity index (χ2n) is 7.61. The predicted octanol–water partition coefficient (Wildman–Crippen LogP) is 1.41. The highest BCUT2D eigenvalue weighted by Gasteiger charge is 2.74. The van der Waals surface area contributed by atoms with Crippen molar-refractivity contribution in [1.29, 1.82) is 0 Å². The van der Waals surface area contributed by atoms with Crippen LogP contribution in [0.3, 0.4) is 0 Å². The van der Waals surface area contributed by atoms with Gasteiger partial charge in [0, 0.05) is 30.7 Å². The highest BCUT2D eigenvalue weighted by atomic mass is 35.5. The molecule has 7 nitrogen and oxygen atoms in total. The molecule has 4 rings (SSSR count). The number of amides is 4. The van der Waals surface area contributed by atoms with Crippen LogP contribution in [-0.4, -0.2) is 70.0 Å². The summed E-state index contributed by atoms with van der Waals surface area (Å²) in [6.45, 7) is 4.39. The zero-order valence-corrected chi connectivity index (χ0v) is 16.8. The number of halogens is 1. The van der Waals surface area contributed by atoms with Gasteiger partial charge in [-0.15, -0.1) is 0 Å². The Bertz CT molecular complexity index is 886. The van der Waals surface area contributed by atoms with E-state index in [1.807, 2.05) is 6.92 Å². The molecule has 4 amide bonds. The van der Waals surface area contributed by atoms with Gasteiger partial charge in [-0.1, -0.05) is 18.5 Å². The number of likely N-dealkylation sites (N-methyl/N-ethyl adjacent to an activating group) is 1. The predicted molar refractivity (Wildman–Crippen MR) is 101 cm³/mol. The average molecular weight is 404 g/mol. The lowest BCUT2D eigenvalue weighted by atomic mass is 9.78. The summed E-state index contributed by atoms with van der Waals surface area (Å²) in [5, 5.41) is 0.500. The van der Waals surface area contributed by atoms with Crippen molar-refractivity contribution in [1.82, 2.24) is 14.7 Å². The third-order valence-corrected chi connectivity index (χ3v) is 6.81. The van der Waals surface area contributed by atoms with Crippen molar-refractivity contribution < 1.29 is 19.2 Å². The average Bonchev–Trinajstić information content (AvgIpc) is 3.07. The molecular weight excluding hydrogens is 382 g/mol. The van der Waals surface area contributed by atoms with Crippen LogP contribution in [0.2, 0.25) is 5.02 Å². The van der Waals surface area contributed by atoms with E-state index in [0.29, 0.717) is 17.1 Å². The van der Waals surface area contributed by atoms with Gasteiger partial charge in [-0.3, -0.25) is 24.1 Å². The van der Waals surface area contributed by atoms with Gasteiger partial charge in [-0.25, -0.2) is 0 Å². The van der Waals surface area contributed by atoms with Crippen molar-refractivity contribution in [3.8, 4) is 0 Å². The van der Waals surface area contributed by atoms with E-state index < -0.39 is 23.4 Å². The van der Waals surface area contributed by atoms with E-state index in [-0.39, 0.29) is 36.6 Å². The molecule has 4 atom stereocenters. The molecule has 3 aliphatic heterocycles. The standard InChI is InChI=1S/C20H22ClN3O4/c1-4-20-15-14(17(26)22(3)18(15)27)13(10-23(5-2)19(20)28)24(20)16(25)11-6-8-12(21)9-7-11/h6-9,13-15H,4-5,10H2,1-3H3/t13-,14+,15-,20-/m1/s1. The van der Waals surface area contributed by atoms with E-state index in [0.717, 1.165) is 4.90 Å². The number of benzene rings is 1.